The number of fused-ring (bicyclic) bond motifs is 2. The third-order valence-electron chi connectivity index (χ3n) is 7.81. The molecular formula is C24H28N6O3. The Kier molecular flexibility index (Phi) is 4.84. The van der Waals surface area contributed by atoms with Crippen LogP contribution in [0.2, 0.25) is 0 Å². The maximum atomic E-state index is 11.8. The van der Waals surface area contributed by atoms with Gasteiger partial charge in [0.2, 0.25) is 0 Å². The molecule has 1 aromatic carbocycles. The minimum atomic E-state index is -0.569. The zero-order chi connectivity index (χ0) is 22.6. The third-order valence-corrected chi connectivity index (χ3v) is 7.81. The standard InChI is InChI=1S/C24H28N6O3/c1-16-17(2-3-18-19(16)13-33-23(18)32)20(31)12-28-9-6-24(14-28)7-10-29(11-8-24)22-5-4-21-26-25-15-30(21)27-22/h2-5,15,20,31H,6-14H2,1H3/t20-/m0/s1. The predicted octanol–water partition coefficient (Wildman–Crippen LogP) is 2.13. The van der Waals surface area contributed by atoms with Crippen molar-refractivity contribution < 1.29 is 14.6 Å². The van der Waals surface area contributed by atoms with Crippen LogP contribution in [0.3, 0.4) is 0 Å². The Morgan fingerprint density at radius 2 is 1.97 bits per heavy atom. The minimum Gasteiger partial charge on any atom is -0.457 e. The van der Waals surface area contributed by atoms with Crippen LogP contribution in [0.15, 0.2) is 30.6 Å². The van der Waals surface area contributed by atoms with Gasteiger partial charge in [-0.3, -0.25) is 4.90 Å². The summed E-state index contributed by atoms with van der Waals surface area (Å²) in [5.41, 5.74) is 4.50. The Morgan fingerprint density at radius 3 is 2.82 bits per heavy atom. The lowest BCUT2D eigenvalue weighted by Gasteiger charge is -2.40. The summed E-state index contributed by atoms with van der Waals surface area (Å²) in [7, 11) is 0. The van der Waals surface area contributed by atoms with E-state index in [1.54, 1.807) is 16.9 Å². The number of aliphatic hydroxyl groups is 1. The zero-order valence-electron chi connectivity index (χ0n) is 18.8. The third kappa shape index (κ3) is 3.55. The lowest BCUT2D eigenvalue weighted by molar-refractivity contribution is 0.0535. The van der Waals surface area contributed by atoms with Gasteiger partial charge in [0, 0.05) is 31.7 Å². The summed E-state index contributed by atoms with van der Waals surface area (Å²) in [6.45, 7) is 6.89. The molecule has 0 aliphatic carbocycles. The Hall–Kier alpha value is -3.04. The number of cyclic esters (lactones) is 1. The van der Waals surface area contributed by atoms with Crippen molar-refractivity contribution in [2.45, 2.75) is 38.9 Å². The molecule has 172 valence electrons. The summed E-state index contributed by atoms with van der Waals surface area (Å²) in [6.07, 6.45) is 4.48. The van der Waals surface area contributed by atoms with Crippen molar-refractivity contribution in [1.29, 1.82) is 0 Å². The fourth-order valence-electron chi connectivity index (χ4n) is 5.76. The number of likely N-dealkylation sites (tertiary alicyclic amines) is 1. The number of rotatable bonds is 4. The van der Waals surface area contributed by atoms with Crippen LogP contribution >= 0.6 is 0 Å². The summed E-state index contributed by atoms with van der Waals surface area (Å²) < 4.78 is 6.88. The maximum Gasteiger partial charge on any atom is 0.338 e. The van der Waals surface area contributed by atoms with E-state index in [0.29, 0.717) is 24.1 Å². The van der Waals surface area contributed by atoms with Crippen LogP contribution in [0, 0.1) is 12.3 Å². The molecule has 6 rings (SSSR count). The monoisotopic (exact) mass is 448 g/mol. The first-order valence-electron chi connectivity index (χ1n) is 11.6. The highest BCUT2D eigenvalue weighted by molar-refractivity contribution is 5.93. The van der Waals surface area contributed by atoms with Crippen molar-refractivity contribution in [2.75, 3.05) is 37.6 Å². The molecule has 1 atom stereocenters. The molecule has 3 aliphatic rings. The number of aromatic nitrogens is 4. The van der Waals surface area contributed by atoms with Gasteiger partial charge in [-0.05, 0) is 67.5 Å². The Bertz CT molecular complexity index is 1220. The molecule has 1 N–H and O–H groups in total. The van der Waals surface area contributed by atoms with Crippen LogP contribution in [0.4, 0.5) is 5.82 Å². The van der Waals surface area contributed by atoms with Crippen molar-refractivity contribution in [3.05, 3.63) is 52.8 Å². The van der Waals surface area contributed by atoms with Gasteiger partial charge in [-0.2, -0.15) is 4.52 Å². The summed E-state index contributed by atoms with van der Waals surface area (Å²) in [5.74, 6) is 0.704. The predicted molar refractivity (Wildman–Crippen MR) is 121 cm³/mol. The average molecular weight is 449 g/mol. The number of ether oxygens (including phenoxy) is 1. The van der Waals surface area contributed by atoms with Gasteiger partial charge in [0.15, 0.2) is 5.65 Å². The van der Waals surface area contributed by atoms with Crippen molar-refractivity contribution >= 4 is 17.4 Å². The number of piperidine rings is 1. The quantitative estimate of drug-likeness (QED) is 0.607. The van der Waals surface area contributed by atoms with Crippen LogP contribution in [0.1, 0.15) is 52.4 Å². The van der Waals surface area contributed by atoms with E-state index in [4.69, 9.17) is 4.74 Å². The molecule has 0 radical (unpaired) electrons. The number of anilines is 1. The normalized spacial score (nSPS) is 21.0. The van der Waals surface area contributed by atoms with Crippen LogP contribution in [-0.2, 0) is 11.3 Å². The van der Waals surface area contributed by atoms with Crippen molar-refractivity contribution in [2.24, 2.45) is 5.41 Å². The maximum absolute atomic E-state index is 11.8. The Labute approximate surface area is 192 Å². The summed E-state index contributed by atoms with van der Waals surface area (Å²) in [4.78, 5) is 16.5. The molecule has 3 aromatic rings. The number of aliphatic hydroxyl groups excluding tert-OH is 1. The van der Waals surface area contributed by atoms with Gasteiger partial charge in [0.1, 0.15) is 18.8 Å². The topological polar surface area (TPSA) is 96.1 Å². The molecule has 0 saturated carbocycles. The summed E-state index contributed by atoms with van der Waals surface area (Å²) >= 11 is 0. The lowest BCUT2D eigenvalue weighted by atomic mass is 9.78. The minimum absolute atomic E-state index is 0.265. The highest BCUT2D eigenvalue weighted by Gasteiger charge is 2.41. The highest BCUT2D eigenvalue weighted by Crippen LogP contribution is 2.41. The fraction of sp³-hybridized carbons (Fsp3) is 0.500. The largest absolute Gasteiger partial charge is 0.457 e. The summed E-state index contributed by atoms with van der Waals surface area (Å²) in [6, 6.07) is 7.66. The van der Waals surface area contributed by atoms with Gasteiger partial charge in [0.05, 0.1) is 11.7 Å². The first kappa shape index (κ1) is 20.6. The Morgan fingerprint density at radius 1 is 1.15 bits per heavy atom. The van der Waals surface area contributed by atoms with E-state index in [-0.39, 0.29) is 5.97 Å². The fourth-order valence-corrected chi connectivity index (χ4v) is 5.76. The highest BCUT2D eigenvalue weighted by atomic mass is 16.5. The molecule has 5 heterocycles. The van der Waals surface area contributed by atoms with Crippen molar-refractivity contribution in [3.8, 4) is 0 Å². The number of benzene rings is 1. The molecule has 2 aromatic heterocycles. The second-order valence-corrected chi connectivity index (χ2v) is 9.70. The number of hydrogen-bond acceptors (Lipinski definition) is 8. The second-order valence-electron chi connectivity index (χ2n) is 9.70. The molecule has 1 spiro atoms. The molecule has 2 saturated heterocycles. The van der Waals surface area contributed by atoms with Crippen molar-refractivity contribution in [1.82, 2.24) is 24.7 Å². The second kappa shape index (κ2) is 7.78. The average Bonchev–Trinajstić information content (AvgIpc) is 3.54. The first-order chi connectivity index (χ1) is 16.0. The van der Waals surface area contributed by atoms with E-state index in [1.165, 1.54) is 0 Å². The van der Waals surface area contributed by atoms with E-state index >= 15 is 0 Å². The van der Waals surface area contributed by atoms with Gasteiger partial charge in [0.25, 0.3) is 0 Å². The van der Waals surface area contributed by atoms with Crippen LogP contribution in [0.5, 0.6) is 0 Å². The molecular weight excluding hydrogens is 420 g/mol. The van der Waals surface area contributed by atoms with Crippen molar-refractivity contribution in [3.63, 3.8) is 0 Å². The molecule has 33 heavy (non-hydrogen) atoms. The molecule has 9 heteroatoms. The molecule has 0 unspecified atom stereocenters. The van der Waals surface area contributed by atoms with Gasteiger partial charge in [-0.1, -0.05) is 6.07 Å². The zero-order valence-corrected chi connectivity index (χ0v) is 18.8. The number of β-amino-alcohol motifs (C(OH)–C–C–N with tert-alkyl or cyclic N) is 1. The van der Waals surface area contributed by atoms with E-state index < -0.39 is 6.10 Å². The van der Waals surface area contributed by atoms with Gasteiger partial charge < -0.3 is 14.7 Å². The number of hydrogen-bond donors (Lipinski definition) is 1. The van der Waals surface area contributed by atoms with E-state index in [1.807, 2.05) is 25.1 Å². The van der Waals surface area contributed by atoms with Crippen LogP contribution in [-0.4, -0.2) is 68.5 Å². The molecule has 2 fully saturated rings. The first-order valence-corrected chi connectivity index (χ1v) is 11.6. The van der Waals surface area contributed by atoms with Gasteiger partial charge >= 0.3 is 5.97 Å². The van der Waals surface area contributed by atoms with Crippen LogP contribution < -0.4 is 4.90 Å². The molecule has 9 nitrogen and oxygen atoms in total. The smallest absolute Gasteiger partial charge is 0.338 e. The SMILES string of the molecule is Cc1c([C@@H](O)CN2CCC3(CCN(c4ccc5nncn5n4)CC3)C2)ccc2c1COC2=O. The number of nitrogens with zero attached hydrogens (tertiary/aromatic N) is 6. The Balaban J connectivity index is 1.09. The van der Waals surface area contributed by atoms with E-state index in [9.17, 15) is 9.90 Å². The van der Waals surface area contributed by atoms with E-state index in [0.717, 1.165) is 73.6 Å². The number of carbonyl (C=O) groups is 1. The van der Waals surface area contributed by atoms with E-state index in [2.05, 4.69) is 25.1 Å². The molecule has 0 bridgehead atoms. The molecule has 0 amide bonds. The lowest BCUT2D eigenvalue weighted by Crippen LogP contribution is -2.42. The number of esters is 1. The van der Waals surface area contributed by atoms with Gasteiger partial charge in [-0.25, -0.2) is 4.79 Å². The molecule has 3 aliphatic heterocycles. The summed E-state index contributed by atoms with van der Waals surface area (Å²) in [5, 5.41) is 23.6. The number of carbonyl (C=O) groups excluding carboxylic acids is 1. The van der Waals surface area contributed by atoms with Crippen LogP contribution in [0.25, 0.3) is 5.65 Å². The van der Waals surface area contributed by atoms with Gasteiger partial charge in [-0.15, -0.1) is 15.3 Å².